The molecule has 21 heavy (non-hydrogen) atoms. The van der Waals surface area contributed by atoms with Crippen LogP contribution in [0.3, 0.4) is 0 Å². The molecular formula is C16H24N4O. The zero-order valence-corrected chi connectivity index (χ0v) is 13.2. The Hall–Kier alpha value is -1.62. The first kappa shape index (κ1) is 14.3. The van der Waals surface area contributed by atoms with Crippen molar-refractivity contribution in [1.29, 1.82) is 0 Å². The van der Waals surface area contributed by atoms with E-state index in [1.807, 2.05) is 18.7 Å². The van der Waals surface area contributed by atoms with Crippen molar-refractivity contribution in [3.8, 4) is 0 Å². The topological polar surface area (TPSA) is 47.1 Å². The Morgan fingerprint density at radius 1 is 1.29 bits per heavy atom. The molecule has 5 heteroatoms. The predicted molar refractivity (Wildman–Crippen MR) is 80.8 cm³/mol. The fraction of sp³-hybridized carbons (Fsp3) is 0.625. The quantitative estimate of drug-likeness (QED) is 0.870. The van der Waals surface area contributed by atoms with Crippen molar-refractivity contribution in [2.75, 3.05) is 6.54 Å². The summed E-state index contributed by atoms with van der Waals surface area (Å²) in [7, 11) is 1.98. The van der Waals surface area contributed by atoms with E-state index >= 15 is 0 Å². The molecule has 0 saturated carbocycles. The van der Waals surface area contributed by atoms with Crippen molar-refractivity contribution in [3.63, 3.8) is 0 Å². The summed E-state index contributed by atoms with van der Waals surface area (Å²) in [6.07, 6.45) is 7.11. The molecule has 1 aliphatic heterocycles. The minimum Gasteiger partial charge on any atom is -0.361 e. The lowest BCUT2D eigenvalue weighted by Gasteiger charge is -2.28. The first-order valence-electron chi connectivity index (χ1n) is 7.80. The molecule has 3 heterocycles. The largest absolute Gasteiger partial charge is 0.361 e. The fourth-order valence-electron chi connectivity index (χ4n) is 3.26. The molecule has 0 unspecified atom stereocenters. The first-order chi connectivity index (χ1) is 10.1. The van der Waals surface area contributed by atoms with Crippen molar-refractivity contribution < 1.29 is 4.52 Å². The number of aromatic nitrogens is 3. The second-order valence-corrected chi connectivity index (χ2v) is 6.11. The average Bonchev–Trinajstić information content (AvgIpc) is 2.90. The molecule has 1 saturated heterocycles. The van der Waals surface area contributed by atoms with Gasteiger partial charge in [-0.1, -0.05) is 18.0 Å². The number of hydrogen-bond acceptors (Lipinski definition) is 4. The number of rotatable bonds is 3. The number of hydrogen-bond donors (Lipinski definition) is 0. The van der Waals surface area contributed by atoms with Crippen LogP contribution in [0, 0.1) is 13.8 Å². The smallest absolute Gasteiger partial charge is 0.133 e. The monoisotopic (exact) mass is 288 g/mol. The molecule has 1 fully saturated rings. The normalized spacial score (nSPS) is 20.6. The van der Waals surface area contributed by atoms with Crippen molar-refractivity contribution in [2.24, 2.45) is 7.05 Å². The maximum atomic E-state index is 5.29. The highest BCUT2D eigenvalue weighted by molar-refractivity contribution is 5.17. The van der Waals surface area contributed by atoms with Crippen LogP contribution < -0.4 is 0 Å². The van der Waals surface area contributed by atoms with Crippen LogP contribution in [0.15, 0.2) is 16.8 Å². The third-order valence-corrected chi connectivity index (χ3v) is 4.34. The lowest BCUT2D eigenvalue weighted by Crippen LogP contribution is -2.28. The molecule has 2 aromatic heterocycles. The Labute approximate surface area is 125 Å². The predicted octanol–water partition coefficient (Wildman–Crippen LogP) is 3.14. The van der Waals surface area contributed by atoms with Gasteiger partial charge in [0.05, 0.1) is 11.7 Å². The van der Waals surface area contributed by atoms with Crippen LogP contribution in [0.25, 0.3) is 0 Å². The van der Waals surface area contributed by atoms with E-state index in [2.05, 4.69) is 34.3 Å². The van der Waals surface area contributed by atoms with Crippen LogP contribution in [0.5, 0.6) is 0 Å². The van der Waals surface area contributed by atoms with Gasteiger partial charge in [-0.05, 0) is 33.2 Å². The van der Waals surface area contributed by atoms with Gasteiger partial charge in [0, 0.05) is 31.4 Å². The van der Waals surface area contributed by atoms with E-state index < -0.39 is 0 Å². The Balaban J connectivity index is 1.83. The Morgan fingerprint density at radius 3 is 2.81 bits per heavy atom. The van der Waals surface area contributed by atoms with Crippen molar-refractivity contribution in [3.05, 3.63) is 35.0 Å². The van der Waals surface area contributed by atoms with Gasteiger partial charge in [-0.25, -0.2) is 0 Å². The lowest BCUT2D eigenvalue weighted by molar-refractivity contribution is 0.183. The average molecular weight is 288 g/mol. The summed E-state index contributed by atoms with van der Waals surface area (Å²) in [5.74, 6) is 0.895. The maximum Gasteiger partial charge on any atom is 0.133 e. The highest BCUT2D eigenvalue weighted by Crippen LogP contribution is 2.31. The van der Waals surface area contributed by atoms with Crippen LogP contribution >= 0.6 is 0 Å². The van der Waals surface area contributed by atoms with Crippen LogP contribution in [-0.2, 0) is 13.6 Å². The fourth-order valence-corrected chi connectivity index (χ4v) is 3.26. The SMILES string of the molecule is Cc1cc([C@H]2CCCCCN2Cc2cn(C)nc2C)no1. The molecular weight excluding hydrogens is 264 g/mol. The summed E-state index contributed by atoms with van der Waals surface area (Å²) in [6.45, 7) is 6.10. The summed E-state index contributed by atoms with van der Waals surface area (Å²) < 4.78 is 7.19. The summed E-state index contributed by atoms with van der Waals surface area (Å²) in [5, 5.41) is 8.72. The molecule has 1 atom stereocenters. The highest BCUT2D eigenvalue weighted by Gasteiger charge is 2.26. The van der Waals surface area contributed by atoms with Gasteiger partial charge in [0.2, 0.25) is 0 Å². The Kier molecular flexibility index (Phi) is 4.10. The van der Waals surface area contributed by atoms with E-state index in [0.29, 0.717) is 6.04 Å². The maximum absolute atomic E-state index is 5.29. The molecule has 0 radical (unpaired) electrons. The van der Waals surface area contributed by atoms with E-state index in [9.17, 15) is 0 Å². The van der Waals surface area contributed by atoms with E-state index in [4.69, 9.17) is 4.52 Å². The van der Waals surface area contributed by atoms with Crippen LogP contribution in [-0.4, -0.2) is 26.4 Å². The van der Waals surface area contributed by atoms with Crippen molar-refractivity contribution >= 4 is 0 Å². The second kappa shape index (κ2) is 6.02. The summed E-state index contributed by atoms with van der Waals surface area (Å²) >= 11 is 0. The van der Waals surface area contributed by atoms with E-state index in [-0.39, 0.29) is 0 Å². The van der Waals surface area contributed by atoms with E-state index in [1.165, 1.54) is 24.8 Å². The summed E-state index contributed by atoms with van der Waals surface area (Å²) in [5.41, 5.74) is 3.51. The van der Waals surface area contributed by atoms with Crippen LogP contribution in [0.1, 0.15) is 54.4 Å². The molecule has 0 aromatic carbocycles. The summed E-state index contributed by atoms with van der Waals surface area (Å²) in [4.78, 5) is 2.54. The van der Waals surface area contributed by atoms with Gasteiger partial charge in [0.25, 0.3) is 0 Å². The molecule has 0 aliphatic carbocycles. The van der Waals surface area contributed by atoms with E-state index in [1.54, 1.807) is 0 Å². The molecule has 2 aromatic rings. The van der Waals surface area contributed by atoms with Gasteiger partial charge in [-0.15, -0.1) is 0 Å². The Bertz CT molecular complexity index is 601. The van der Waals surface area contributed by atoms with Crippen molar-refractivity contribution in [2.45, 2.75) is 52.1 Å². The van der Waals surface area contributed by atoms with Crippen LogP contribution in [0.2, 0.25) is 0 Å². The molecule has 0 amide bonds. The Morgan fingerprint density at radius 2 is 2.14 bits per heavy atom. The molecule has 0 bridgehead atoms. The van der Waals surface area contributed by atoms with Gasteiger partial charge in [0.1, 0.15) is 11.5 Å². The molecule has 114 valence electrons. The lowest BCUT2D eigenvalue weighted by atomic mass is 10.1. The van der Waals surface area contributed by atoms with Gasteiger partial charge in [-0.3, -0.25) is 9.58 Å². The molecule has 0 N–H and O–H groups in total. The van der Waals surface area contributed by atoms with Gasteiger partial charge < -0.3 is 4.52 Å². The molecule has 5 nitrogen and oxygen atoms in total. The zero-order chi connectivity index (χ0) is 14.8. The third-order valence-electron chi connectivity index (χ3n) is 4.34. The summed E-state index contributed by atoms with van der Waals surface area (Å²) in [6, 6.07) is 2.45. The minimum absolute atomic E-state index is 0.365. The van der Waals surface area contributed by atoms with E-state index in [0.717, 1.165) is 36.7 Å². The molecule has 1 aliphatic rings. The zero-order valence-electron chi connectivity index (χ0n) is 13.2. The number of aryl methyl sites for hydroxylation is 3. The van der Waals surface area contributed by atoms with Crippen molar-refractivity contribution in [1.82, 2.24) is 19.8 Å². The van der Waals surface area contributed by atoms with Crippen LogP contribution in [0.4, 0.5) is 0 Å². The second-order valence-electron chi connectivity index (χ2n) is 6.11. The van der Waals surface area contributed by atoms with Gasteiger partial charge in [-0.2, -0.15) is 5.10 Å². The number of nitrogens with zero attached hydrogens (tertiary/aromatic N) is 4. The van der Waals surface area contributed by atoms with Gasteiger partial charge >= 0.3 is 0 Å². The minimum atomic E-state index is 0.365. The van der Waals surface area contributed by atoms with Gasteiger partial charge in [0.15, 0.2) is 0 Å². The third kappa shape index (κ3) is 3.18. The molecule has 3 rings (SSSR count). The first-order valence-corrected chi connectivity index (χ1v) is 7.80. The molecule has 0 spiro atoms. The number of likely N-dealkylation sites (tertiary alicyclic amines) is 1. The highest BCUT2D eigenvalue weighted by atomic mass is 16.5. The standard InChI is InChI=1S/C16H24N4O/c1-12-9-15(18-21-12)16-7-5-4-6-8-20(16)11-14-10-19(3)17-13(14)2/h9-10,16H,4-8,11H2,1-3H3/t16-/m1/s1.